The van der Waals surface area contributed by atoms with Crippen LogP contribution in [0.25, 0.3) is 16.7 Å². The normalized spacial score (nSPS) is 12.8. The Morgan fingerprint density at radius 3 is 2.51 bits per heavy atom. The highest BCUT2D eigenvalue weighted by atomic mass is 16.5. The zero-order chi connectivity index (χ0) is 25.8. The molecule has 2 heterocycles. The van der Waals surface area contributed by atoms with Crippen LogP contribution in [0.3, 0.4) is 0 Å². The van der Waals surface area contributed by atoms with Crippen LogP contribution in [0.5, 0.6) is 5.75 Å². The minimum absolute atomic E-state index is 0.0575. The molecule has 2 aromatic heterocycles. The van der Waals surface area contributed by atoms with Gasteiger partial charge in [-0.3, -0.25) is 14.0 Å². The van der Waals surface area contributed by atoms with Crippen LogP contribution in [0.4, 0.5) is 5.82 Å². The molecule has 0 bridgehead atoms. The van der Waals surface area contributed by atoms with E-state index in [1.165, 1.54) is 0 Å². The first-order valence-electron chi connectivity index (χ1n) is 12.3. The first-order valence-corrected chi connectivity index (χ1v) is 12.3. The van der Waals surface area contributed by atoms with Crippen molar-refractivity contribution < 1.29 is 14.3 Å². The van der Waals surface area contributed by atoms with Crippen LogP contribution in [0.1, 0.15) is 66.1 Å². The minimum Gasteiger partial charge on any atom is -0.497 e. The Hall–Kier alpha value is -3.23. The number of methoxy groups -OCH3 is 1. The second-order valence-corrected chi connectivity index (χ2v) is 10.4. The van der Waals surface area contributed by atoms with Crippen LogP contribution in [0, 0.1) is 18.3 Å². The smallest absolute Gasteiger partial charge is 0.225 e. The molecule has 3 aromatic rings. The molecule has 3 rings (SSSR count). The summed E-state index contributed by atoms with van der Waals surface area (Å²) in [6.07, 6.45) is 3.00. The molecule has 0 spiro atoms. The number of rotatable bonds is 11. The molecule has 0 fully saturated rings. The van der Waals surface area contributed by atoms with Crippen LogP contribution < -0.4 is 15.4 Å². The molecule has 0 aliphatic rings. The van der Waals surface area contributed by atoms with Gasteiger partial charge in [0.2, 0.25) is 11.6 Å². The van der Waals surface area contributed by atoms with Crippen LogP contribution in [0.15, 0.2) is 18.2 Å². The lowest BCUT2D eigenvalue weighted by molar-refractivity contribution is -0.133. The van der Waals surface area contributed by atoms with Gasteiger partial charge in [-0.2, -0.15) is 0 Å². The number of carbonyl (C=O) groups excluding carboxylic acids is 2. The fourth-order valence-corrected chi connectivity index (χ4v) is 3.94. The molecule has 9 nitrogen and oxygen atoms in total. The zero-order valence-electron chi connectivity index (χ0n) is 21.9. The molecule has 0 saturated carbocycles. The maximum atomic E-state index is 12.8. The molecule has 35 heavy (non-hydrogen) atoms. The van der Waals surface area contributed by atoms with Gasteiger partial charge in [0.15, 0.2) is 11.6 Å². The van der Waals surface area contributed by atoms with E-state index in [-0.39, 0.29) is 17.6 Å². The van der Waals surface area contributed by atoms with E-state index in [0.29, 0.717) is 24.4 Å². The Labute approximate surface area is 207 Å². The van der Waals surface area contributed by atoms with Crippen molar-refractivity contribution in [3.8, 4) is 5.75 Å². The molecule has 0 unspecified atom stereocenters. The van der Waals surface area contributed by atoms with E-state index >= 15 is 0 Å². The van der Waals surface area contributed by atoms with Gasteiger partial charge in [-0.15, -0.1) is 10.2 Å². The summed E-state index contributed by atoms with van der Waals surface area (Å²) in [5.41, 5.74) is 1.88. The Bertz CT molecular complexity index is 1200. The Kier molecular flexibility index (Phi) is 8.30. The Morgan fingerprint density at radius 1 is 1.11 bits per heavy atom. The number of carbonyl (C=O) groups is 2. The third kappa shape index (κ3) is 6.26. The molecule has 2 N–H and O–H groups in total. The van der Waals surface area contributed by atoms with Crippen LogP contribution >= 0.6 is 0 Å². The first kappa shape index (κ1) is 26.4. The summed E-state index contributed by atoms with van der Waals surface area (Å²) < 4.78 is 7.33. The number of amides is 1. The number of hydrogen-bond acceptors (Lipinski definition) is 7. The number of nitrogens with one attached hydrogen (secondary N) is 2. The number of Topliss-reactive ketones (excluding diaryl/α,β-unsaturated/α-hetero) is 1. The van der Waals surface area contributed by atoms with Crippen LogP contribution in [-0.4, -0.2) is 51.0 Å². The first-order chi connectivity index (χ1) is 16.5. The average molecular weight is 483 g/mol. The van der Waals surface area contributed by atoms with Crippen molar-refractivity contribution in [2.24, 2.45) is 11.3 Å². The highest BCUT2D eigenvalue weighted by Gasteiger charge is 2.28. The molecule has 1 aromatic carbocycles. The van der Waals surface area contributed by atoms with Crippen LogP contribution in [0.2, 0.25) is 0 Å². The third-order valence-corrected chi connectivity index (χ3v) is 6.07. The minimum atomic E-state index is -0.519. The molecule has 0 aliphatic carbocycles. The van der Waals surface area contributed by atoms with Crippen LogP contribution in [-0.2, 0) is 9.59 Å². The zero-order valence-corrected chi connectivity index (χ0v) is 21.9. The molecule has 0 radical (unpaired) electrons. The number of nitrogens with zero attached hydrogens (tertiary/aromatic N) is 4. The summed E-state index contributed by atoms with van der Waals surface area (Å²) in [5, 5.41) is 14.9. The van der Waals surface area contributed by atoms with Gasteiger partial charge in [0.05, 0.1) is 24.2 Å². The van der Waals surface area contributed by atoms with E-state index < -0.39 is 11.5 Å². The lowest BCUT2D eigenvalue weighted by Gasteiger charge is -2.26. The lowest BCUT2D eigenvalue weighted by Crippen LogP contribution is -2.48. The molecule has 190 valence electrons. The summed E-state index contributed by atoms with van der Waals surface area (Å²) in [6.45, 7) is 12.1. The molecule has 0 aliphatic heterocycles. The van der Waals surface area contributed by atoms with E-state index in [4.69, 9.17) is 9.72 Å². The average Bonchev–Trinajstić information content (AvgIpc) is 3.19. The number of ketones is 1. The summed E-state index contributed by atoms with van der Waals surface area (Å²) in [4.78, 5) is 29.9. The van der Waals surface area contributed by atoms with Crippen molar-refractivity contribution in [1.82, 2.24) is 24.9 Å². The van der Waals surface area contributed by atoms with Gasteiger partial charge in [0.1, 0.15) is 11.6 Å². The van der Waals surface area contributed by atoms with E-state index in [1.54, 1.807) is 7.11 Å². The van der Waals surface area contributed by atoms with E-state index in [2.05, 4.69) is 20.8 Å². The monoisotopic (exact) mass is 482 g/mol. The number of anilines is 1. The van der Waals surface area contributed by atoms with Gasteiger partial charge < -0.3 is 15.4 Å². The topological polar surface area (TPSA) is 111 Å². The molecular formula is C26H38N6O3. The number of aryl methyl sites for hydroxylation is 1. The summed E-state index contributed by atoms with van der Waals surface area (Å²) >= 11 is 0. The predicted octanol–water partition coefficient (Wildman–Crippen LogP) is 4.32. The summed E-state index contributed by atoms with van der Waals surface area (Å²) in [7, 11) is 1.63. The largest absolute Gasteiger partial charge is 0.497 e. The lowest BCUT2D eigenvalue weighted by atomic mass is 9.91. The van der Waals surface area contributed by atoms with Gasteiger partial charge in [-0.05, 0) is 37.8 Å². The van der Waals surface area contributed by atoms with Crippen molar-refractivity contribution >= 4 is 34.2 Å². The standard InChI is InChI=1S/C26H38N6O3/c1-16(2)22(29-25(34)26(4,5)6)21(33)11-9-8-10-14-27-23-24-31-30-17(3)32(24)20-13-12-18(35-7)15-19(20)28-23/h12-13,15-16,22H,8-11,14H2,1-7H3,(H,27,28)(H,29,34)/t22-/m0/s1. The SMILES string of the molecule is COc1ccc2c(c1)nc(NCCCCCC(=O)[C@@H](NC(=O)C(C)(C)C)C(C)C)c1nnc(C)n12. The molecule has 1 atom stereocenters. The van der Waals surface area contributed by atoms with E-state index in [9.17, 15) is 9.59 Å². The quantitative estimate of drug-likeness (QED) is 0.392. The third-order valence-electron chi connectivity index (χ3n) is 6.07. The van der Waals surface area contributed by atoms with Gasteiger partial charge in [-0.25, -0.2) is 4.98 Å². The predicted molar refractivity (Wildman–Crippen MR) is 138 cm³/mol. The van der Waals surface area contributed by atoms with Crippen molar-refractivity contribution in [2.45, 2.75) is 73.3 Å². The van der Waals surface area contributed by atoms with Crippen molar-refractivity contribution in [3.05, 3.63) is 24.0 Å². The maximum absolute atomic E-state index is 12.8. The number of aromatic nitrogens is 4. The fraction of sp³-hybridized carbons (Fsp3) is 0.577. The number of unbranched alkanes of at least 4 members (excludes halogenated alkanes) is 2. The Morgan fingerprint density at radius 2 is 1.86 bits per heavy atom. The van der Waals surface area contributed by atoms with E-state index in [0.717, 1.165) is 41.9 Å². The molecule has 1 amide bonds. The van der Waals surface area contributed by atoms with Crippen molar-refractivity contribution in [1.29, 1.82) is 0 Å². The highest BCUT2D eigenvalue weighted by molar-refractivity contribution is 5.91. The van der Waals surface area contributed by atoms with Crippen molar-refractivity contribution in [3.63, 3.8) is 0 Å². The number of ether oxygens (including phenoxy) is 1. The Balaban J connectivity index is 1.55. The number of benzene rings is 1. The van der Waals surface area contributed by atoms with E-state index in [1.807, 2.05) is 64.1 Å². The van der Waals surface area contributed by atoms with Gasteiger partial charge in [0.25, 0.3) is 0 Å². The second kappa shape index (κ2) is 11.0. The molecular weight excluding hydrogens is 444 g/mol. The summed E-state index contributed by atoms with van der Waals surface area (Å²) in [5.74, 6) is 2.26. The second-order valence-electron chi connectivity index (χ2n) is 10.4. The summed E-state index contributed by atoms with van der Waals surface area (Å²) in [6, 6.07) is 5.31. The fourth-order valence-electron chi connectivity index (χ4n) is 3.94. The maximum Gasteiger partial charge on any atom is 0.225 e. The number of fused-ring (bicyclic) bond motifs is 3. The van der Waals surface area contributed by atoms with Gasteiger partial charge in [-0.1, -0.05) is 41.0 Å². The van der Waals surface area contributed by atoms with Crippen molar-refractivity contribution in [2.75, 3.05) is 19.0 Å². The van der Waals surface area contributed by atoms with Gasteiger partial charge >= 0.3 is 0 Å². The molecule has 0 saturated heterocycles. The van der Waals surface area contributed by atoms with Gasteiger partial charge in [0, 0.05) is 24.4 Å². The number of hydrogen-bond donors (Lipinski definition) is 2. The molecule has 9 heteroatoms. The highest BCUT2D eigenvalue weighted by Crippen LogP contribution is 2.25.